The van der Waals surface area contributed by atoms with Gasteiger partial charge in [-0.25, -0.2) is 27.5 Å². The van der Waals surface area contributed by atoms with Crippen LogP contribution in [0.3, 0.4) is 0 Å². The van der Waals surface area contributed by atoms with E-state index in [1.165, 1.54) is 25.4 Å². The highest BCUT2D eigenvalue weighted by molar-refractivity contribution is 5.50. The van der Waals surface area contributed by atoms with Crippen LogP contribution in [-0.4, -0.2) is 29.5 Å². The lowest BCUT2D eigenvalue weighted by atomic mass is 9.75. The molecule has 1 saturated carbocycles. The van der Waals surface area contributed by atoms with Gasteiger partial charge in [-0.1, -0.05) is 12.1 Å². The Labute approximate surface area is 230 Å². The molecule has 5 rings (SSSR count). The Morgan fingerprint density at radius 3 is 2.37 bits per heavy atom. The zero-order chi connectivity index (χ0) is 29.5. The lowest BCUT2D eigenvalue weighted by Gasteiger charge is -2.30. The van der Waals surface area contributed by atoms with Crippen molar-refractivity contribution in [3.05, 3.63) is 92.5 Å². The molecule has 0 saturated heterocycles. The molecule has 0 atom stereocenters. The van der Waals surface area contributed by atoms with Gasteiger partial charge in [-0.15, -0.1) is 5.10 Å². The lowest BCUT2D eigenvalue weighted by molar-refractivity contribution is -0.138. The molecule has 0 spiro atoms. The van der Waals surface area contributed by atoms with E-state index in [-0.39, 0.29) is 34.7 Å². The SMILES string of the molecule is Cc1cccc(F)c1C1CCC(c2cc(-c3nc(C(F)F)nn3C)nn(Cc3ncccc3C(F)(F)F)c2=O)CC1. The summed E-state index contributed by atoms with van der Waals surface area (Å²) in [5.74, 6) is -1.45. The van der Waals surface area contributed by atoms with Crippen LogP contribution in [0.2, 0.25) is 0 Å². The van der Waals surface area contributed by atoms with Gasteiger partial charge in [-0.05, 0) is 79.8 Å². The van der Waals surface area contributed by atoms with Crippen molar-refractivity contribution < 1.29 is 26.3 Å². The summed E-state index contributed by atoms with van der Waals surface area (Å²) in [4.78, 5) is 21.3. The van der Waals surface area contributed by atoms with E-state index in [4.69, 9.17) is 0 Å². The molecule has 3 aromatic heterocycles. The van der Waals surface area contributed by atoms with Crippen LogP contribution in [0.4, 0.5) is 26.3 Å². The number of hydrogen-bond donors (Lipinski definition) is 0. The molecule has 0 amide bonds. The Morgan fingerprint density at radius 2 is 1.73 bits per heavy atom. The van der Waals surface area contributed by atoms with Crippen LogP contribution in [0.25, 0.3) is 11.5 Å². The number of halogens is 6. The first-order chi connectivity index (χ1) is 19.4. The van der Waals surface area contributed by atoms with Crippen molar-refractivity contribution >= 4 is 0 Å². The van der Waals surface area contributed by atoms with Crippen LogP contribution in [-0.2, 0) is 19.8 Å². The van der Waals surface area contributed by atoms with E-state index in [0.29, 0.717) is 31.2 Å². The zero-order valence-electron chi connectivity index (χ0n) is 22.2. The second-order valence-electron chi connectivity index (χ2n) is 10.2. The molecule has 1 aromatic carbocycles. The zero-order valence-corrected chi connectivity index (χ0v) is 22.2. The second kappa shape index (κ2) is 11.1. The van der Waals surface area contributed by atoms with Crippen LogP contribution in [0.15, 0.2) is 47.4 Å². The molecule has 1 fully saturated rings. The predicted octanol–water partition coefficient (Wildman–Crippen LogP) is 6.33. The van der Waals surface area contributed by atoms with Crippen molar-refractivity contribution in [2.24, 2.45) is 7.05 Å². The maximum Gasteiger partial charge on any atom is 0.418 e. The van der Waals surface area contributed by atoms with Crippen molar-refractivity contribution in [2.75, 3.05) is 0 Å². The van der Waals surface area contributed by atoms with E-state index in [0.717, 1.165) is 27.1 Å². The summed E-state index contributed by atoms with van der Waals surface area (Å²) in [5, 5.41) is 7.92. The maximum atomic E-state index is 14.6. The summed E-state index contributed by atoms with van der Waals surface area (Å²) < 4.78 is 84.2. The van der Waals surface area contributed by atoms with E-state index in [2.05, 4.69) is 20.2 Å². The van der Waals surface area contributed by atoms with Crippen molar-refractivity contribution in [1.82, 2.24) is 29.5 Å². The summed E-state index contributed by atoms with van der Waals surface area (Å²) in [6.07, 6.45) is -4.30. The standard InChI is InChI=1S/C28H26F6N6O/c1-15-5-3-7-20(29)23(15)17-10-8-16(9-11-17)18-13-21(26-36-25(24(30)31)38-39(26)2)37-40(27(18)41)14-22-19(28(32,33)34)6-4-12-35-22/h3-7,12-13,16-17,24H,8-11,14H2,1-2H3. The normalized spacial score (nSPS) is 17.8. The van der Waals surface area contributed by atoms with Crippen LogP contribution in [0.5, 0.6) is 0 Å². The number of hydrogen-bond acceptors (Lipinski definition) is 5. The molecule has 0 aliphatic heterocycles. The van der Waals surface area contributed by atoms with Crippen LogP contribution >= 0.6 is 0 Å². The van der Waals surface area contributed by atoms with Crippen molar-refractivity contribution in [3.63, 3.8) is 0 Å². The third-order valence-corrected chi connectivity index (χ3v) is 7.55. The summed E-state index contributed by atoms with van der Waals surface area (Å²) in [7, 11) is 1.38. The van der Waals surface area contributed by atoms with Gasteiger partial charge in [-0.2, -0.15) is 18.3 Å². The average Bonchev–Trinajstić information content (AvgIpc) is 3.32. The number of benzene rings is 1. The van der Waals surface area contributed by atoms with Gasteiger partial charge in [-0.3, -0.25) is 9.78 Å². The Balaban J connectivity index is 1.55. The van der Waals surface area contributed by atoms with Crippen molar-refractivity contribution in [2.45, 2.75) is 63.6 Å². The molecule has 1 aliphatic carbocycles. The van der Waals surface area contributed by atoms with Crippen molar-refractivity contribution in [3.8, 4) is 11.5 Å². The van der Waals surface area contributed by atoms with Gasteiger partial charge >= 0.3 is 6.18 Å². The van der Waals surface area contributed by atoms with Gasteiger partial charge in [0.25, 0.3) is 12.0 Å². The van der Waals surface area contributed by atoms with E-state index >= 15 is 0 Å². The first-order valence-corrected chi connectivity index (χ1v) is 13.0. The Bertz CT molecular complexity index is 1600. The summed E-state index contributed by atoms with van der Waals surface area (Å²) >= 11 is 0. The summed E-state index contributed by atoms with van der Waals surface area (Å²) in [6.45, 7) is 1.25. The second-order valence-corrected chi connectivity index (χ2v) is 10.2. The Kier molecular flexibility index (Phi) is 7.71. The lowest BCUT2D eigenvalue weighted by Crippen LogP contribution is -2.31. The fourth-order valence-corrected chi connectivity index (χ4v) is 5.61. The third-order valence-electron chi connectivity index (χ3n) is 7.55. The highest BCUT2D eigenvalue weighted by atomic mass is 19.4. The van der Waals surface area contributed by atoms with Gasteiger partial charge < -0.3 is 0 Å². The molecule has 0 unspecified atom stereocenters. The minimum atomic E-state index is -4.72. The first-order valence-electron chi connectivity index (χ1n) is 13.0. The van der Waals surface area contributed by atoms with Gasteiger partial charge in [0, 0.05) is 18.8 Å². The molecule has 13 heteroatoms. The van der Waals surface area contributed by atoms with Crippen molar-refractivity contribution in [1.29, 1.82) is 0 Å². The van der Waals surface area contributed by atoms with Gasteiger partial charge in [0.15, 0.2) is 5.82 Å². The molecule has 0 radical (unpaired) electrons. The van der Waals surface area contributed by atoms with Gasteiger partial charge in [0.05, 0.1) is 17.8 Å². The molecule has 1 aliphatic rings. The first kappa shape index (κ1) is 28.5. The van der Waals surface area contributed by atoms with Gasteiger partial charge in [0.1, 0.15) is 11.5 Å². The monoisotopic (exact) mass is 576 g/mol. The molecule has 216 valence electrons. The Morgan fingerprint density at radius 1 is 1.02 bits per heavy atom. The van der Waals surface area contributed by atoms with E-state index in [1.54, 1.807) is 6.07 Å². The molecule has 7 nitrogen and oxygen atoms in total. The highest BCUT2D eigenvalue weighted by Crippen LogP contribution is 2.42. The molecule has 3 heterocycles. The molecular weight excluding hydrogens is 550 g/mol. The quantitative estimate of drug-likeness (QED) is 0.251. The fourth-order valence-electron chi connectivity index (χ4n) is 5.61. The Hall–Kier alpha value is -4.03. The molecule has 0 N–H and O–H groups in total. The summed E-state index contributed by atoms with van der Waals surface area (Å²) in [5.41, 5.74) is -0.276. The van der Waals surface area contributed by atoms with E-state index < -0.39 is 41.8 Å². The van der Waals surface area contributed by atoms with E-state index in [1.807, 2.05) is 13.0 Å². The van der Waals surface area contributed by atoms with Crippen LogP contribution in [0.1, 0.15) is 77.7 Å². The number of rotatable bonds is 6. The molecular formula is C28H26F6N6O. The topological polar surface area (TPSA) is 78.5 Å². The number of nitrogens with zero attached hydrogens (tertiary/aromatic N) is 6. The highest BCUT2D eigenvalue weighted by Gasteiger charge is 2.35. The van der Waals surface area contributed by atoms with Crippen LogP contribution in [0, 0.1) is 12.7 Å². The van der Waals surface area contributed by atoms with Gasteiger partial charge in [0.2, 0.25) is 5.82 Å². The number of alkyl halides is 5. The minimum absolute atomic E-state index is 0.0121. The average molecular weight is 577 g/mol. The minimum Gasteiger partial charge on any atom is -0.267 e. The third kappa shape index (κ3) is 5.75. The maximum absolute atomic E-state index is 14.6. The van der Waals surface area contributed by atoms with E-state index in [9.17, 15) is 31.1 Å². The number of aromatic nitrogens is 6. The predicted molar refractivity (Wildman–Crippen MR) is 137 cm³/mol. The number of aryl methyl sites for hydroxylation is 2. The van der Waals surface area contributed by atoms with Crippen LogP contribution < -0.4 is 5.56 Å². The number of pyridine rings is 1. The fraction of sp³-hybridized carbons (Fsp3) is 0.393. The molecule has 0 bridgehead atoms. The molecule has 41 heavy (non-hydrogen) atoms. The largest absolute Gasteiger partial charge is 0.418 e. The molecule has 4 aromatic rings. The summed E-state index contributed by atoms with van der Waals surface area (Å²) in [6, 6.07) is 8.37. The smallest absolute Gasteiger partial charge is 0.267 e.